The molecule has 1 aromatic rings. The molecule has 0 atom stereocenters. The first-order chi connectivity index (χ1) is 9.23. The minimum Gasteiger partial charge on any atom is -0.396 e. The molecule has 1 saturated carbocycles. The second kappa shape index (κ2) is 5.61. The molecule has 20 heavy (non-hydrogen) atoms. The summed E-state index contributed by atoms with van der Waals surface area (Å²) in [5.41, 5.74) is 5.34. The predicted octanol–water partition coefficient (Wildman–Crippen LogP) is 2.98. The molecule has 7 heteroatoms. The Bertz CT molecular complexity index is 615. The number of nitrogens with two attached hydrogens (primary N) is 1. The van der Waals surface area contributed by atoms with Crippen LogP contribution in [0.3, 0.4) is 0 Å². The summed E-state index contributed by atoms with van der Waals surface area (Å²) in [7, 11) is -3.66. The zero-order chi connectivity index (χ0) is 15.1. The molecule has 2 N–H and O–H groups in total. The van der Waals surface area contributed by atoms with Crippen LogP contribution in [0.4, 0.5) is 10.1 Å². The molecule has 1 fully saturated rings. The van der Waals surface area contributed by atoms with Gasteiger partial charge in [0.15, 0.2) is 0 Å². The Morgan fingerprint density at radius 1 is 1.45 bits per heavy atom. The van der Waals surface area contributed by atoms with Crippen LogP contribution in [0.5, 0.6) is 0 Å². The first kappa shape index (κ1) is 15.7. The van der Waals surface area contributed by atoms with Gasteiger partial charge in [-0.1, -0.05) is 13.8 Å². The van der Waals surface area contributed by atoms with Gasteiger partial charge in [0.2, 0.25) is 10.0 Å². The van der Waals surface area contributed by atoms with Gasteiger partial charge in [-0.15, -0.1) is 0 Å². The largest absolute Gasteiger partial charge is 0.396 e. The predicted molar refractivity (Wildman–Crippen MR) is 80.3 cm³/mol. The van der Waals surface area contributed by atoms with Crippen LogP contribution in [0.1, 0.15) is 26.7 Å². The summed E-state index contributed by atoms with van der Waals surface area (Å²) in [5, 5.41) is 0. The van der Waals surface area contributed by atoms with Crippen molar-refractivity contribution in [3.63, 3.8) is 0 Å². The molecular weight excluding hydrogens is 347 g/mol. The highest BCUT2D eigenvalue weighted by molar-refractivity contribution is 9.10. The van der Waals surface area contributed by atoms with Crippen molar-refractivity contribution in [3.05, 3.63) is 22.4 Å². The molecular formula is C13H18BrFN2O2S. The molecule has 1 aromatic carbocycles. The zero-order valence-electron chi connectivity index (χ0n) is 11.4. The van der Waals surface area contributed by atoms with Crippen molar-refractivity contribution in [2.75, 3.05) is 12.3 Å². The van der Waals surface area contributed by atoms with E-state index in [2.05, 4.69) is 15.9 Å². The lowest BCUT2D eigenvalue weighted by atomic mass is 10.2. The number of sulfonamides is 1. The lowest BCUT2D eigenvalue weighted by Gasteiger charge is -2.24. The Morgan fingerprint density at radius 2 is 2.05 bits per heavy atom. The van der Waals surface area contributed by atoms with Crippen LogP contribution in [-0.2, 0) is 10.0 Å². The highest BCUT2D eigenvalue weighted by atomic mass is 79.9. The number of hydrogen-bond donors (Lipinski definition) is 1. The number of anilines is 1. The average molecular weight is 365 g/mol. The lowest BCUT2D eigenvalue weighted by molar-refractivity contribution is 0.360. The first-order valence-electron chi connectivity index (χ1n) is 6.50. The van der Waals surface area contributed by atoms with Gasteiger partial charge in [0.25, 0.3) is 0 Å². The normalized spacial score (nSPS) is 16.1. The van der Waals surface area contributed by atoms with Gasteiger partial charge in [-0.05, 0) is 46.8 Å². The Kier molecular flexibility index (Phi) is 4.41. The van der Waals surface area contributed by atoms with Gasteiger partial charge in [0.1, 0.15) is 5.82 Å². The van der Waals surface area contributed by atoms with E-state index in [4.69, 9.17) is 5.73 Å². The van der Waals surface area contributed by atoms with E-state index in [1.807, 2.05) is 13.8 Å². The molecule has 0 aliphatic heterocycles. The molecule has 0 radical (unpaired) electrons. The molecule has 1 aliphatic carbocycles. The highest BCUT2D eigenvalue weighted by Crippen LogP contribution is 2.36. The molecule has 0 saturated heterocycles. The SMILES string of the molecule is CC(C)CN(C1CC1)S(=O)(=O)c1cc(N)c(F)cc1Br. The van der Waals surface area contributed by atoms with Gasteiger partial charge in [0.05, 0.1) is 10.6 Å². The number of nitrogen functional groups attached to an aromatic ring is 1. The van der Waals surface area contributed by atoms with Crippen LogP contribution in [0.2, 0.25) is 0 Å². The van der Waals surface area contributed by atoms with Gasteiger partial charge < -0.3 is 5.73 Å². The third-order valence-electron chi connectivity index (χ3n) is 3.14. The summed E-state index contributed by atoms with van der Waals surface area (Å²) < 4.78 is 40.6. The highest BCUT2D eigenvalue weighted by Gasteiger charge is 2.39. The molecule has 0 aromatic heterocycles. The average Bonchev–Trinajstić information content (AvgIpc) is 3.14. The van der Waals surface area contributed by atoms with E-state index in [9.17, 15) is 12.8 Å². The van der Waals surface area contributed by atoms with Crippen molar-refractivity contribution in [2.45, 2.75) is 37.6 Å². The summed E-state index contributed by atoms with van der Waals surface area (Å²) in [6.07, 6.45) is 1.75. The third-order valence-corrected chi connectivity index (χ3v) is 6.01. The van der Waals surface area contributed by atoms with Gasteiger partial charge in [0, 0.05) is 17.1 Å². The van der Waals surface area contributed by atoms with Crippen molar-refractivity contribution in [3.8, 4) is 0 Å². The lowest BCUT2D eigenvalue weighted by Crippen LogP contribution is -2.36. The van der Waals surface area contributed by atoms with Crippen molar-refractivity contribution >= 4 is 31.6 Å². The molecule has 0 bridgehead atoms. The molecule has 0 unspecified atom stereocenters. The van der Waals surface area contributed by atoms with Crippen molar-refractivity contribution in [2.24, 2.45) is 5.92 Å². The molecule has 1 aliphatic rings. The monoisotopic (exact) mass is 364 g/mol. The Hall–Kier alpha value is -0.660. The van der Waals surface area contributed by atoms with Crippen LogP contribution >= 0.6 is 15.9 Å². The Balaban J connectivity index is 2.45. The van der Waals surface area contributed by atoms with Crippen LogP contribution in [-0.4, -0.2) is 25.3 Å². The van der Waals surface area contributed by atoms with Crippen molar-refractivity contribution < 1.29 is 12.8 Å². The maximum absolute atomic E-state index is 13.4. The maximum atomic E-state index is 13.4. The number of nitrogens with zero attached hydrogens (tertiary/aromatic N) is 1. The molecule has 0 spiro atoms. The molecule has 2 rings (SSSR count). The quantitative estimate of drug-likeness (QED) is 0.816. The number of rotatable bonds is 5. The van der Waals surface area contributed by atoms with Crippen molar-refractivity contribution in [1.29, 1.82) is 0 Å². The molecule has 0 heterocycles. The summed E-state index contributed by atoms with van der Waals surface area (Å²) in [6, 6.07) is 2.34. The first-order valence-corrected chi connectivity index (χ1v) is 8.73. The second-order valence-electron chi connectivity index (χ2n) is 5.50. The van der Waals surface area contributed by atoms with E-state index in [0.717, 1.165) is 18.9 Å². The standard InChI is InChI=1S/C13H18BrFN2O2S/c1-8(2)7-17(9-3-4-9)20(18,19)13-6-12(16)11(15)5-10(13)14/h5-6,8-9H,3-4,7,16H2,1-2H3. The summed E-state index contributed by atoms with van der Waals surface area (Å²) in [4.78, 5) is 0.0314. The summed E-state index contributed by atoms with van der Waals surface area (Å²) >= 11 is 3.12. The fourth-order valence-corrected chi connectivity index (χ4v) is 4.90. The Labute approximate surface area is 127 Å². The van der Waals surface area contributed by atoms with E-state index in [1.165, 1.54) is 10.4 Å². The van der Waals surface area contributed by atoms with Gasteiger partial charge in [-0.25, -0.2) is 12.8 Å². The zero-order valence-corrected chi connectivity index (χ0v) is 13.8. The second-order valence-corrected chi connectivity index (χ2v) is 8.22. The van der Waals surface area contributed by atoms with Crippen LogP contribution < -0.4 is 5.73 Å². The van der Waals surface area contributed by atoms with Crippen molar-refractivity contribution in [1.82, 2.24) is 4.31 Å². The van der Waals surface area contributed by atoms with E-state index in [0.29, 0.717) is 6.54 Å². The maximum Gasteiger partial charge on any atom is 0.244 e. The topological polar surface area (TPSA) is 63.4 Å². The molecule has 4 nitrogen and oxygen atoms in total. The summed E-state index contributed by atoms with van der Waals surface area (Å²) in [5.74, 6) is -0.403. The molecule has 112 valence electrons. The minimum atomic E-state index is -3.66. The Morgan fingerprint density at radius 3 is 2.55 bits per heavy atom. The van der Waals surface area contributed by atoms with E-state index in [1.54, 1.807) is 0 Å². The third kappa shape index (κ3) is 3.15. The fraction of sp³-hybridized carbons (Fsp3) is 0.538. The van der Waals surface area contributed by atoms with Gasteiger partial charge >= 0.3 is 0 Å². The fourth-order valence-electron chi connectivity index (χ4n) is 2.03. The number of hydrogen-bond acceptors (Lipinski definition) is 3. The van der Waals surface area contributed by atoms with Gasteiger partial charge in [-0.3, -0.25) is 0 Å². The van der Waals surface area contributed by atoms with Crippen LogP contribution in [0.15, 0.2) is 21.5 Å². The number of halogens is 2. The van der Waals surface area contributed by atoms with Crippen LogP contribution in [0.25, 0.3) is 0 Å². The summed E-state index contributed by atoms with van der Waals surface area (Å²) in [6.45, 7) is 4.40. The minimum absolute atomic E-state index is 0.0314. The van der Waals surface area contributed by atoms with Gasteiger partial charge in [-0.2, -0.15) is 4.31 Å². The van der Waals surface area contributed by atoms with Crippen LogP contribution in [0, 0.1) is 11.7 Å². The van der Waals surface area contributed by atoms with E-state index >= 15 is 0 Å². The smallest absolute Gasteiger partial charge is 0.244 e. The molecule has 0 amide bonds. The number of benzene rings is 1. The van der Waals surface area contributed by atoms with E-state index < -0.39 is 15.8 Å². The van der Waals surface area contributed by atoms with E-state index in [-0.39, 0.29) is 27.0 Å².